The molecule has 0 aliphatic heterocycles. The largest absolute Gasteiger partial charge is 0.469 e. The van der Waals surface area contributed by atoms with Crippen LogP contribution in [0, 0.1) is 10.1 Å². The van der Waals surface area contributed by atoms with Crippen LogP contribution in [0.5, 0.6) is 0 Å². The predicted molar refractivity (Wildman–Crippen MR) is 71.1 cm³/mol. The monoisotopic (exact) mass is 311 g/mol. The number of rotatable bonds is 5. The summed E-state index contributed by atoms with van der Waals surface area (Å²) in [7, 11) is 1.27. The average molecular weight is 311 g/mol. The number of nitrogens with zero attached hydrogens (tertiary/aromatic N) is 2. The molecule has 21 heavy (non-hydrogen) atoms. The number of nitro groups is 1. The third kappa shape index (κ3) is 3.63. The molecule has 0 unspecified atom stereocenters. The lowest BCUT2D eigenvalue weighted by Crippen LogP contribution is -2.11. The Morgan fingerprint density at radius 3 is 2.90 bits per heavy atom. The van der Waals surface area contributed by atoms with Crippen LogP contribution in [0.25, 0.3) is 0 Å². The quantitative estimate of drug-likeness (QED) is 0.505. The van der Waals surface area contributed by atoms with Crippen molar-refractivity contribution in [2.45, 2.75) is 6.42 Å². The van der Waals surface area contributed by atoms with Gasteiger partial charge in [0, 0.05) is 5.38 Å². The maximum atomic E-state index is 11.8. The fourth-order valence-corrected chi connectivity index (χ4v) is 2.08. The first-order valence-corrected chi connectivity index (χ1v) is 6.44. The van der Waals surface area contributed by atoms with Gasteiger partial charge >= 0.3 is 11.9 Å². The van der Waals surface area contributed by atoms with E-state index in [1.165, 1.54) is 13.2 Å². The second-order valence-corrected chi connectivity index (χ2v) is 4.60. The number of anilines is 1. The van der Waals surface area contributed by atoms with Gasteiger partial charge in [0.15, 0.2) is 10.9 Å². The lowest BCUT2D eigenvalue weighted by atomic mass is 10.3. The predicted octanol–water partition coefficient (Wildman–Crippen LogP) is 1.61. The summed E-state index contributed by atoms with van der Waals surface area (Å²) in [5, 5.41) is 14.7. The molecular formula is C11H9N3O6S. The Balaban J connectivity index is 2.02. The second-order valence-electron chi connectivity index (χ2n) is 3.75. The molecule has 0 aromatic carbocycles. The van der Waals surface area contributed by atoms with Crippen molar-refractivity contribution in [2.75, 3.05) is 12.4 Å². The summed E-state index contributed by atoms with van der Waals surface area (Å²) in [5.74, 6) is -1.83. The molecule has 2 aromatic heterocycles. The van der Waals surface area contributed by atoms with Gasteiger partial charge in [-0.3, -0.25) is 25.0 Å². The van der Waals surface area contributed by atoms with Crippen LogP contribution in [0.15, 0.2) is 21.9 Å². The summed E-state index contributed by atoms with van der Waals surface area (Å²) in [6, 6.07) is 2.27. The van der Waals surface area contributed by atoms with E-state index >= 15 is 0 Å². The SMILES string of the molecule is COC(=O)Cc1csc(NC(=O)c2ccc([N+](=O)[O-])o2)n1. The van der Waals surface area contributed by atoms with E-state index < -0.39 is 22.7 Å². The molecule has 0 fully saturated rings. The van der Waals surface area contributed by atoms with Gasteiger partial charge in [-0.25, -0.2) is 4.98 Å². The minimum atomic E-state index is -0.741. The molecular weight excluding hydrogens is 302 g/mol. The highest BCUT2D eigenvalue weighted by atomic mass is 32.1. The van der Waals surface area contributed by atoms with E-state index in [4.69, 9.17) is 4.42 Å². The zero-order chi connectivity index (χ0) is 15.4. The molecule has 1 amide bonds. The molecule has 0 radical (unpaired) electrons. The van der Waals surface area contributed by atoms with Crippen molar-refractivity contribution in [1.82, 2.24) is 4.98 Å². The molecule has 0 spiro atoms. The minimum Gasteiger partial charge on any atom is -0.469 e. The first kappa shape index (κ1) is 14.7. The van der Waals surface area contributed by atoms with Crippen LogP contribution in [0.1, 0.15) is 16.2 Å². The Bertz CT molecular complexity index is 692. The van der Waals surface area contributed by atoms with Crippen LogP contribution in [0.3, 0.4) is 0 Å². The van der Waals surface area contributed by atoms with Gasteiger partial charge in [-0.1, -0.05) is 0 Å². The van der Waals surface area contributed by atoms with Crippen LogP contribution in [0.2, 0.25) is 0 Å². The van der Waals surface area contributed by atoms with Crippen molar-refractivity contribution in [3.05, 3.63) is 39.1 Å². The molecule has 110 valence electrons. The standard InChI is InChI=1S/C11H9N3O6S/c1-19-9(15)4-6-5-21-11(12-6)13-10(16)7-2-3-8(20-7)14(17)18/h2-3,5H,4H2,1H3,(H,12,13,16). The zero-order valence-corrected chi connectivity index (χ0v) is 11.5. The smallest absolute Gasteiger partial charge is 0.433 e. The summed E-state index contributed by atoms with van der Waals surface area (Å²) in [5.41, 5.74) is 0.451. The number of furan rings is 1. The maximum absolute atomic E-state index is 11.8. The summed E-state index contributed by atoms with van der Waals surface area (Å²) in [4.78, 5) is 36.6. The van der Waals surface area contributed by atoms with Gasteiger partial charge in [0.05, 0.1) is 25.3 Å². The number of carbonyl (C=O) groups is 2. The number of amides is 1. The van der Waals surface area contributed by atoms with Gasteiger partial charge in [0.1, 0.15) is 4.92 Å². The normalized spacial score (nSPS) is 10.1. The number of hydrogen-bond donors (Lipinski definition) is 1. The molecule has 1 N–H and O–H groups in total. The van der Waals surface area contributed by atoms with Gasteiger partial charge in [-0.2, -0.15) is 0 Å². The van der Waals surface area contributed by atoms with Crippen molar-refractivity contribution in [3.63, 3.8) is 0 Å². The number of hydrogen-bond acceptors (Lipinski definition) is 8. The van der Waals surface area contributed by atoms with Crippen molar-refractivity contribution >= 4 is 34.2 Å². The highest BCUT2D eigenvalue weighted by Gasteiger charge is 2.18. The highest BCUT2D eigenvalue weighted by molar-refractivity contribution is 7.14. The first-order valence-electron chi connectivity index (χ1n) is 5.56. The number of aromatic nitrogens is 1. The van der Waals surface area contributed by atoms with E-state index in [9.17, 15) is 19.7 Å². The minimum absolute atomic E-state index is 0.00487. The third-order valence-corrected chi connectivity index (χ3v) is 3.13. The van der Waals surface area contributed by atoms with Gasteiger partial charge in [-0.05, 0) is 6.07 Å². The Hall–Kier alpha value is -2.75. The average Bonchev–Trinajstić information content (AvgIpc) is 3.07. The molecule has 0 aliphatic carbocycles. The topological polar surface area (TPSA) is 125 Å². The van der Waals surface area contributed by atoms with Crippen molar-refractivity contribution < 1.29 is 23.7 Å². The second kappa shape index (κ2) is 6.13. The molecule has 2 heterocycles. The van der Waals surface area contributed by atoms with Crippen LogP contribution in [0.4, 0.5) is 11.0 Å². The molecule has 2 rings (SSSR count). The molecule has 2 aromatic rings. The maximum Gasteiger partial charge on any atom is 0.433 e. The Kier molecular flexibility index (Phi) is 4.28. The van der Waals surface area contributed by atoms with Gasteiger partial charge in [-0.15, -0.1) is 11.3 Å². The van der Waals surface area contributed by atoms with Crippen LogP contribution >= 0.6 is 11.3 Å². The summed E-state index contributed by atoms with van der Waals surface area (Å²) >= 11 is 1.11. The van der Waals surface area contributed by atoms with E-state index in [1.54, 1.807) is 5.38 Å². The van der Waals surface area contributed by atoms with E-state index in [0.29, 0.717) is 5.69 Å². The van der Waals surface area contributed by atoms with Crippen molar-refractivity contribution in [1.29, 1.82) is 0 Å². The number of methoxy groups -OCH3 is 1. The van der Waals surface area contributed by atoms with Crippen molar-refractivity contribution in [3.8, 4) is 0 Å². The summed E-state index contributed by atoms with van der Waals surface area (Å²) in [6.45, 7) is 0. The lowest BCUT2D eigenvalue weighted by molar-refractivity contribution is -0.402. The van der Waals surface area contributed by atoms with Crippen LogP contribution in [-0.4, -0.2) is 28.9 Å². The molecule has 0 bridgehead atoms. The molecule has 0 saturated carbocycles. The van der Waals surface area contributed by atoms with Crippen molar-refractivity contribution in [2.24, 2.45) is 0 Å². The Labute approximate surface area is 121 Å². The Morgan fingerprint density at radius 2 is 2.29 bits per heavy atom. The third-order valence-electron chi connectivity index (χ3n) is 2.32. The lowest BCUT2D eigenvalue weighted by Gasteiger charge is -1.97. The fourth-order valence-electron chi connectivity index (χ4n) is 1.37. The van der Waals surface area contributed by atoms with Crippen LogP contribution in [-0.2, 0) is 16.0 Å². The number of nitrogens with one attached hydrogen (secondary N) is 1. The number of esters is 1. The van der Waals surface area contributed by atoms with Gasteiger partial charge < -0.3 is 9.15 Å². The summed E-state index contributed by atoms with van der Waals surface area (Å²) < 4.78 is 9.26. The summed E-state index contributed by atoms with van der Waals surface area (Å²) in [6.07, 6.45) is -0.00487. The molecule has 0 atom stereocenters. The highest BCUT2D eigenvalue weighted by Crippen LogP contribution is 2.20. The number of ether oxygens (including phenoxy) is 1. The number of thiazole rings is 1. The van der Waals surface area contributed by atoms with E-state index in [1.807, 2.05) is 0 Å². The van der Waals surface area contributed by atoms with Gasteiger partial charge in [0.25, 0.3) is 5.91 Å². The van der Waals surface area contributed by atoms with Crippen LogP contribution < -0.4 is 5.32 Å². The van der Waals surface area contributed by atoms with Gasteiger partial charge in [0.2, 0.25) is 0 Å². The van der Waals surface area contributed by atoms with E-state index in [0.717, 1.165) is 17.4 Å². The molecule has 9 nitrogen and oxygen atoms in total. The molecule has 0 aliphatic rings. The fraction of sp³-hybridized carbons (Fsp3) is 0.182. The van der Waals surface area contributed by atoms with E-state index in [2.05, 4.69) is 15.0 Å². The first-order chi connectivity index (χ1) is 9.99. The molecule has 10 heteroatoms. The Morgan fingerprint density at radius 1 is 1.52 bits per heavy atom. The zero-order valence-electron chi connectivity index (χ0n) is 10.7. The molecule has 0 saturated heterocycles. The van der Waals surface area contributed by atoms with E-state index in [-0.39, 0.29) is 17.3 Å². The number of carbonyl (C=O) groups excluding carboxylic acids is 2.